The molecule has 0 atom stereocenters. The van der Waals surface area contributed by atoms with Gasteiger partial charge >= 0.3 is 12.5 Å². The van der Waals surface area contributed by atoms with E-state index in [0.717, 1.165) is 56.0 Å². The second kappa shape index (κ2) is 14.3. The Kier molecular flexibility index (Phi) is 10.4. The largest absolute Gasteiger partial charge is 0.573 e. The van der Waals surface area contributed by atoms with Crippen molar-refractivity contribution >= 4 is 0 Å². The van der Waals surface area contributed by atoms with Crippen molar-refractivity contribution in [3.05, 3.63) is 107 Å². The van der Waals surface area contributed by atoms with Gasteiger partial charge in [-0.3, -0.25) is 0 Å². The van der Waals surface area contributed by atoms with Gasteiger partial charge in [-0.25, -0.2) is 13.2 Å². The Morgan fingerprint density at radius 2 is 1.34 bits per heavy atom. The summed E-state index contributed by atoms with van der Waals surface area (Å²) in [6.45, 7) is 2.98. The van der Waals surface area contributed by atoms with E-state index in [4.69, 9.17) is 14.2 Å². The van der Waals surface area contributed by atoms with E-state index in [1.165, 1.54) is 42.5 Å². The zero-order valence-corrected chi connectivity index (χ0v) is 25.1. The Bertz CT molecular complexity index is 1670. The second-order valence-corrected chi connectivity index (χ2v) is 11.1. The Morgan fingerprint density at radius 1 is 0.681 bits per heavy atom. The van der Waals surface area contributed by atoms with E-state index in [9.17, 15) is 26.3 Å². The molecular weight excluding hydrogens is 636 g/mol. The van der Waals surface area contributed by atoms with Crippen LogP contribution in [-0.2, 0) is 15.6 Å². The van der Waals surface area contributed by atoms with Crippen LogP contribution in [0.5, 0.6) is 11.5 Å². The smallest absolute Gasteiger partial charge is 0.429 e. The number of halogens is 8. The molecule has 1 saturated heterocycles. The summed E-state index contributed by atoms with van der Waals surface area (Å²) in [6.07, 6.45) is -5.77. The minimum atomic E-state index is -5.09. The van der Waals surface area contributed by atoms with E-state index in [1.54, 1.807) is 0 Å². The van der Waals surface area contributed by atoms with Gasteiger partial charge < -0.3 is 18.9 Å². The van der Waals surface area contributed by atoms with Gasteiger partial charge in [-0.05, 0) is 65.6 Å². The third kappa shape index (κ3) is 8.61. The lowest BCUT2D eigenvalue weighted by Crippen LogP contribution is -2.27. The van der Waals surface area contributed by atoms with Crippen molar-refractivity contribution in [1.29, 1.82) is 0 Å². The summed E-state index contributed by atoms with van der Waals surface area (Å²) in [5, 5.41) is 0. The van der Waals surface area contributed by atoms with Crippen LogP contribution < -0.4 is 9.47 Å². The molecule has 0 saturated carbocycles. The Labute approximate surface area is 265 Å². The first-order valence-electron chi connectivity index (χ1n) is 14.9. The molecule has 0 aromatic heterocycles. The fraction of sp³-hybridized carbons (Fsp3) is 0.314. The third-order valence-corrected chi connectivity index (χ3v) is 7.63. The highest BCUT2D eigenvalue weighted by Gasteiger charge is 2.38. The normalized spacial score (nSPS) is 17.0. The lowest BCUT2D eigenvalue weighted by molar-refractivity contribution is -0.275. The fourth-order valence-electron chi connectivity index (χ4n) is 5.22. The van der Waals surface area contributed by atoms with Gasteiger partial charge in [-0.2, -0.15) is 8.78 Å². The van der Waals surface area contributed by atoms with E-state index in [0.29, 0.717) is 30.4 Å². The fourth-order valence-corrected chi connectivity index (χ4v) is 5.22. The van der Waals surface area contributed by atoms with Gasteiger partial charge in [-0.15, -0.1) is 13.2 Å². The molecule has 1 heterocycles. The standard InChI is InChI=1S/C35H30F8O4/c1-2-3-4-5-21-19-44-33(45-20-21)25-9-14-28(30(37)18-25)34(39,40)46-26-11-6-22(7-12-26)23-8-13-27(29(36)16-23)24-10-15-32(31(38)17-24)47-35(41,42)43/h6-18,21,33H,2-5,19-20H2,1H3. The Hall–Kier alpha value is -4.16. The average Bonchev–Trinajstić information content (AvgIpc) is 3.02. The summed E-state index contributed by atoms with van der Waals surface area (Å²) in [4.78, 5) is 0. The van der Waals surface area contributed by atoms with Crippen molar-refractivity contribution in [1.82, 2.24) is 0 Å². The molecule has 47 heavy (non-hydrogen) atoms. The van der Waals surface area contributed by atoms with Gasteiger partial charge in [0, 0.05) is 17.0 Å². The molecule has 0 radical (unpaired) electrons. The van der Waals surface area contributed by atoms with Crippen molar-refractivity contribution in [2.24, 2.45) is 5.92 Å². The van der Waals surface area contributed by atoms with Crippen LogP contribution in [0.1, 0.15) is 50.0 Å². The van der Waals surface area contributed by atoms with E-state index >= 15 is 8.78 Å². The molecule has 4 aromatic rings. The molecule has 0 aliphatic carbocycles. The number of ether oxygens (including phenoxy) is 4. The minimum Gasteiger partial charge on any atom is -0.429 e. The minimum absolute atomic E-state index is 0.0300. The highest BCUT2D eigenvalue weighted by molar-refractivity contribution is 5.71. The SMILES string of the molecule is CCCCCC1COC(c2ccc(C(F)(F)Oc3ccc(-c4ccc(-c5ccc(OC(F)(F)F)c(F)c5)c(F)c4)cc3)c(F)c2)OC1. The van der Waals surface area contributed by atoms with E-state index in [1.807, 2.05) is 0 Å². The van der Waals surface area contributed by atoms with Crippen molar-refractivity contribution in [2.45, 2.75) is 51.4 Å². The summed E-state index contributed by atoms with van der Waals surface area (Å²) in [7, 11) is 0. The van der Waals surface area contributed by atoms with E-state index in [2.05, 4.69) is 11.7 Å². The molecule has 0 bridgehead atoms. The zero-order chi connectivity index (χ0) is 33.8. The molecular formula is C35H30F8O4. The summed E-state index contributed by atoms with van der Waals surface area (Å²) >= 11 is 0. The molecule has 4 aromatic carbocycles. The van der Waals surface area contributed by atoms with Crippen molar-refractivity contribution in [2.75, 3.05) is 13.2 Å². The van der Waals surface area contributed by atoms with Crippen LogP contribution in [0.25, 0.3) is 22.3 Å². The molecule has 0 spiro atoms. The first kappa shape index (κ1) is 34.2. The van der Waals surface area contributed by atoms with Crippen LogP contribution in [0.2, 0.25) is 0 Å². The lowest BCUT2D eigenvalue weighted by Gasteiger charge is -2.30. The lowest BCUT2D eigenvalue weighted by atomic mass is 9.99. The first-order chi connectivity index (χ1) is 22.3. The molecule has 1 fully saturated rings. The Balaban J connectivity index is 1.23. The van der Waals surface area contributed by atoms with Crippen LogP contribution in [-0.4, -0.2) is 19.6 Å². The summed E-state index contributed by atoms with van der Waals surface area (Å²) < 4.78 is 131. The molecule has 5 rings (SSSR count). The van der Waals surface area contributed by atoms with Gasteiger partial charge in [0.25, 0.3) is 0 Å². The van der Waals surface area contributed by atoms with Gasteiger partial charge in [-0.1, -0.05) is 62.6 Å². The molecule has 1 aliphatic heterocycles. The maximum Gasteiger partial charge on any atom is 0.573 e. The summed E-state index contributed by atoms with van der Waals surface area (Å²) in [5.41, 5.74) is -0.102. The van der Waals surface area contributed by atoms with Gasteiger partial charge in [0.15, 0.2) is 17.9 Å². The topological polar surface area (TPSA) is 36.9 Å². The molecule has 0 N–H and O–H groups in total. The average molecular weight is 667 g/mol. The highest BCUT2D eigenvalue weighted by Crippen LogP contribution is 2.37. The maximum atomic E-state index is 15.0. The van der Waals surface area contributed by atoms with Gasteiger partial charge in [0.05, 0.1) is 18.8 Å². The van der Waals surface area contributed by atoms with Crippen LogP contribution in [0.4, 0.5) is 35.1 Å². The van der Waals surface area contributed by atoms with Gasteiger partial charge in [0.1, 0.15) is 17.4 Å². The zero-order valence-electron chi connectivity index (χ0n) is 25.1. The predicted molar refractivity (Wildman–Crippen MR) is 157 cm³/mol. The highest BCUT2D eigenvalue weighted by atomic mass is 19.4. The number of hydrogen-bond donors (Lipinski definition) is 0. The molecule has 0 unspecified atom stereocenters. The maximum absolute atomic E-state index is 15.0. The van der Waals surface area contributed by atoms with Crippen LogP contribution >= 0.6 is 0 Å². The summed E-state index contributed by atoms with van der Waals surface area (Å²) in [5.74, 6) is -4.45. The number of benzene rings is 4. The molecule has 0 amide bonds. The van der Waals surface area contributed by atoms with Gasteiger partial charge in [0.2, 0.25) is 0 Å². The molecule has 12 heteroatoms. The number of alkyl halides is 5. The van der Waals surface area contributed by atoms with Crippen LogP contribution in [0, 0.1) is 23.4 Å². The van der Waals surface area contributed by atoms with E-state index in [-0.39, 0.29) is 28.4 Å². The Morgan fingerprint density at radius 3 is 1.96 bits per heavy atom. The monoisotopic (exact) mass is 666 g/mol. The van der Waals surface area contributed by atoms with E-state index < -0.39 is 47.5 Å². The quantitative estimate of drug-likeness (QED) is 0.118. The number of hydrogen-bond acceptors (Lipinski definition) is 4. The first-order valence-corrected chi connectivity index (χ1v) is 14.9. The third-order valence-electron chi connectivity index (χ3n) is 7.63. The number of unbranched alkanes of at least 4 members (excludes halogenated alkanes) is 2. The van der Waals surface area contributed by atoms with Crippen molar-refractivity contribution in [3.63, 3.8) is 0 Å². The molecule has 1 aliphatic rings. The second-order valence-electron chi connectivity index (χ2n) is 11.1. The predicted octanol–water partition coefficient (Wildman–Crippen LogP) is 10.7. The number of rotatable bonds is 11. The molecule has 4 nitrogen and oxygen atoms in total. The van der Waals surface area contributed by atoms with Crippen LogP contribution in [0.15, 0.2) is 78.9 Å². The van der Waals surface area contributed by atoms with Crippen molar-refractivity contribution in [3.8, 4) is 33.8 Å². The van der Waals surface area contributed by atoms with Crippen molar-refractivity contribution < 1.29 is 54.1 Å². The summed E-state index contributed by atoms with van der Waals surface area (Å²) in [6, 6.07) is 14.7. The van der Waals surface area contributed by atoms with Crippen LogP contribution in [0.3, 0.4) is 0 Å². The molecule has 250 valence electrons.